The molecule has 0 saturated carbocycles. The number of aromatic nitrogens is 1. The number of likely N-dealkylation sites (tertiary alicyclic amines) is 1. The summed E-state index contributed by atoms with van der Waals surface area (Å²) in [5.41, 5.74) is 3.95. The molecule has 2 heterocycles. The van der Waals surface area contributed by atoms with Gasteiger partial charge in [0.1, 0.15) is 17.3 Å². The van der Waals surface area contributed by atoms with Crippen molar-refractivity contribution in [1.82, 2.24) is 15.2 Å². The van der Waals surface area contributed by atoms with Crippen LogP contribution in [0.3, 0.4) is 0 Å². The summed E-state index contributed by atoms with van der Waals surface area (Å²) in [6.07, 6.45) is -0.138. The number of nitrogens with one attached hydrogen (secondary N) is 1. The lowest BCUT2D eigenvalue weighted by atomic mass is 9.90. The molecule has 35 heavy (non-hydrogen) atoms. The van der Waals surface area contributed by atoms with Gasteiger partial charge in [-0.3, -0.25) is 9.59 Å². The molecule has 3 aromatic rings. The molecule has 1 atom stereocenters. The minimum atomic E-state index is -0.930. The third-order valence-electron chi connectivity index (χ3n) is 6.78. The van der Waals surface area contributed by atoms with Crippen LogP contribution in [-0.4, -0.2) is 52.7 Å². The van der Waals surface area contributed by atoms with E-state index in [-0.39, 0.29) is 37.2 Å². The highest BCUT2D eigenvalue weighted by Gasteiger charge is 2.42. The molecule has 1 aliphatic carbocycles. The predicted molar refractivity (Wildman–Crippen MR) is 130 cm³/mol. The van der Waals surface area contributed by atoms with Crippen molar-refractivity contribution in [3.63, 3.8) is 0 Å². The van der Waals surface area contributed by atoms with Gasteiger partial charge in [-0.15, -0.1) is 11.3 Å². The van der Waals surface area contributed by atoms with E-state index >= 15 is 0 Å². The summed E-state index contributed by atoms with van der Waals surface area (Å²) in [5, 5.41) is 14.3. The number of aliphatic carboxylic acids is 1. The molecule has 1 aromatic heterocycles. The number of carbonyl (C=O) groups is 3. The van der Waals surface area contributed by atoms with Gasteiger partial charge in [0.25, 0.3) is 5.91 Å². The number of hydrogen-bond acceptors (Lipinski definition) is 6. The largest absolute Gasteiger partial charge is 0.481 e. The Kier molecular flexibility index (Phi) is 6.02. The molecule has 1 aliphatic heterocycles. The number of hydrogen-bond donors (Lipinski definition) is 2. The zero-order chi connectivity index (χ0) is 24.6. The van der Waals surface area contributed by atoms with Gasteiger partial charge in [-0.05, 0) is 35.6 Å². The van der Waals surface area contributed by atoms with Gasteiger partial charge < -0.3 is 20.1 Å². The number of carboxylic acid groups (broad SMARTS) is 1. The summed E-state index contributed by atoms with van der Waals surface area (Å²) < 4.78 is 5.54. The Labute approximate surface area is 206 Å². The normalized spacial score (nSPS) is 18.7. The molecule has 2 amide bonds. The van der Waals surface area contributed by atoms with E-state index in [1.165, 1.54) is 27.4 Å². The van der Waals surface area contributed by atoms with Crippen LogP contribution in [0.25, 0.3) is 11.1 Å². The van der Waals surface area contributed by atoms with Crippen molar-refractivity contribution in [2.24, 2.45) is 5.41 Å². The van der Waals surface area contributed by atoms with E-state index in [4.69, 9.17) is 4.74 Å². The highest BCUT2D eigenvalue weighted by molar-refractivity contribution is 7.09. The summed E-state index contributed by atoms with van der Waals surface area (Å²) in [6.45, 7) is 2.55. The van der Waals surface area contributed by atoms with Crippen molar-refractivity contribution in [3.8, 4) is 11.1 Å². The minimum Gasteiger partial charge on any atom is -0.481 e. The van der Waals surface area contributed by atoms with E-state index in [2.05, 4.69) is 34.6 Å². The second-order valence-electron chi connectivity index (χ2n) is 9.15. The van der Waals surface area contributed by atoms with Crippen LogP contribution in [0.5, 0.6) is 0 Å². The quantitative estimate of drug-likeness (QED) is 0.537. The Balaban J connectivity index is 1.15. The fraction of sp³-hybridized carbons (Fsp3) is 0.308. The number of carbonyl (C=O) groups excluding carboxylic acids is 2. The van der Waals surface area contributed by atoms with Crippen molar-refractivity contribution in [1.29, 1.82) is 0 Å². The van der Waals surface area contributed by atoms with Crippen LogP contribution in [0.1, 0.15) is 45.9 Å². The Morgan fingerprint density at radius 1 is 1.14 bits per heavy atom. The predicted octanol–water partition coefficient (Wildman–Crippen LogP) is 4.12. The molecule has 180 valence electrons. The topological polar surface area (TPSA) is 109 Å². The van der Waals surface area contributed by atoms with Crippen molar-refractivity contribution in [3.05, 3.63) is 75.7 Å². The highest BCUT2D eigenvalue weighted by atomic mass is 32.1. The lowest BCUT2D eigenvalue weighted by Gasteiger charge is -2.19. The first-order chi connectivity index (χ1) is 16.9. The summed E-state index contributed by atoms with van der Waals surface area (Å²) in [6, 6.07) is 16.3. The molecule has 2 N–H and O–H groups in total. The van der Waals surface area contributed by atoms with Crippen molar-refractivity contribution in [2.45, 2.75) is 25.8 Å². The fourth-order valence-electron chi connectivity index (χ4n) is 4.76. The second kappa shape index (κ2) is 9.14. The molecular weight excluding hydrogens is 466 g/mol. The first-order valence-electron chi connectivity index (χ1n) is 11.4. The number of carboxylic acids is 1. The molecule has 0 bridgehead atoms. The van der Waals surface area contributed by atoms with Crippen LogP contribution in [0.15, 0.2) is 53.9 Å². The van der Waals surface area contributed by atoms with E-state index in [1.807, 2.05) is 24.3 Å². The molecule has 1 fully saturated rings. The average molecular weight is 492 g/mol. The van der Waals surface area contributed by atoms with Gasteiger partial charge in [-0.1, -0.05) is 48.5 Å². The van der Waals surface area contributed by atoms with Crippen LogP contribution >= 0.6 is 11.3 Å². The lowest BCUT2D eigenvalue weighted by Crippen LogP contribution is -2.35. The Hall–Kier alpha value is -3.72. The van der Waals surface area contributed by atoms with Crippen molar-refractivity contribution < 1.29 is 24.2 Å². The first kappa shape index (κ1) is 23.0. The molecule has 0 radical (unpaired) electrons. The monoisotopic (exact) mass is 491 g/mol. The summed E-state index contributed by atoms with van der Waals surface area (Å²) in [4.78, 5) is 42.4. The molecule has 8 nitrogen and oxygen atoms in total. The fourth-order valence-corrected chi connectivity index (χ4v) is 5.47. The molecule has 0 spiro atoms. The molecule has 2 aromatic carbocycles. The average Bonchev–Trinajstić information content (AvgIpc) is 3.58. The number of benzene rings is 2. The summed E-state index contributed by atoms with van der Waals surface area (Å²) >= 11 is 1.26. The number of rotatable bonds is 6. The van der Waals surface area contributed by atoms with Gasteiger partial charge in [0.05, 0.1) is 12.0 Å². The highest BCUT2D eigenvalue weighted by Crippen LogP contribution is 2.44. The third-order valence-corrected chi connectivity index (χ3v) is 7.62. The Bertz CT molecular complexity index is 1260. The van der Waals surface area contributed by atoms with Crippen molar-refractivity contribution >= 4 is 29.3 Å². The zero-order valence-electron chi connectivity index (χ0n) is 19.2. The Morgan fingerprint density at radius 3 is 2.43 bits per heavy atom. The maximum Gasteiger partial charge on any atom is 0.407 e. The van der Waals surface area contributed by atoms with Gasteiger partial charge >= 0.3 is 12.1 Å². The van der Waals surface area contributed by atoms with E-state index < -0.39 is 17.5 Å². The maximum atomic E-state index is 12.7. The zero-order valence-corrected chi connectivity index (χ0v) is 20.0. The number of thiazole rings is 1. The summed E-state index contributed by atoms with van der Waals surface area (Å²) in [5.74, 6) is -1.22. The number of amides is 2. The van der Waals surface area contributed by atoms with Gasteiger partial charge in [0, 0.05) is 24.4 Å². The van der Waals surface area contributed by atoms with Gasteiger partial charge in [-0.2, -0.15) is 0 Å². The SMILES string of the molecule is CC1(C(=O)O)CCN(C(=O)c2csc(CNC(=O)OCC3c4ccccc4-c4ccccc43)n2)C1. The van der Waals surface area contributed by atoms with Crippen molar-refractivity contribution in [2.75, 3.05) is 19.7 Å². The molecule has 1 unspecified atom stereocenters. The van der Waals surface area contributed by atoms with Gasteiger partial charge in [0.15, 0.2) is 0 Å². The van der Waals surface area contributed by atoms with Crippen LogP contribution in [0, 0.1) is 5.41 Å². The van der Waals surface area contributed by atoms with E-state index in [1.54, 1.807) is 12.3 Å². The van der Waals surface area contributed by atoms with Gasteiger partial charge in [-0.25, -0.2) is 9.78 Å². The van der Waals surface area contributed by atoms with Gasteiger partial charge in [0.2, 0.25) is 0 Å². The van der Waals surface area contributed by atoms with Crippen LogP contribution in [-0.2, 0) is 16.1 Å². The second-order valence-corrected chi connectivity index (χ2v) is 10.1. The first-order valence-corrected chi connectivity index (χ1v) is 12.3. The smallest absolute Gasteiger partial charge is 0.407 e. The molecule has 1 saturated heterocycles. The number of alkyl carbamates (subject to hydrolysis) is 1. The van der Waals surface area contributed by atoms with Crippen LogP contribution in [0.2, 0.25) is 0 Å². The molecular formula is C26H25N3O5S. The van der Waals surface area contributed by atoms with E-state index in [9.17, 15) is 19.5 Å². The third kappa shape index (κ3) is 4.39. The summed E-state index contributed by atoms with van der Waals surface area (Å²) in [7, 11) is 0. The Morgan fingerprint density at radius 2 is 1.80 bits per heavy atom. The van der Waals surface area contributed by atoms with Crippen LogP contribution in [0.4, 0.5) is 4.79 Å². The lowest BCUT2D eigenvalue weighted by molar-refractivity contribution is -0.147. The van der Waals surface area contributed by atoms with E-state index in [0.717, 1.165) is 11.1 Å². The maximum absolute atomic E-state index is 12.7. The molecule has 2 aliphatic rings. The number of ether oxygens (including phenoxy) is 1. The van der Waals surface area contributed by atoms with E-state index in [0.29, 0.717) is 18.0 Å². The standard InChI is InChI=1S/C26H25N3O5S/c1-26(24(31)32)10-11-29(15-26)23(30)21-14-35-22(28-21)12-27-25(33)34-13-20-18-8-4-2-6-16(18)17-7-3-5-9-19(17)20/h2-9,14,20H,10-13,15H2,1H3,(H,27,33)(H,31,32). The molecule has 9 heteroatoms. The number of nitrogens with zero attached hydrogens (tertiary/aromatic N) is 2. The number of fused-ring (bicyclic) bond motifs is 3. The van der Waals surface area contributed by atoms with Crippen LogP contribution < -0.4 is 5.32 Å². The minimum absolute atomic E-state index is 0.0193. The molecule has 5 rings (SSSR count).